The SMILES string of the molecule is Cc1[nH]c(C(=O)OCC(=O)N(CCC#N)c2cccc(Cl)c2)c(C)c1C(=O)OC(C)C. The van der Waals surface area contributed by atoms with Gasteiger partial charge < -0.3 is 19.4 Å². The number of aromatic amines is 1. The fraction of sp³-hybridized carbons (Fsp3) is 0.364. The van der Waals surface area contributed by atoms with Crippen LogP contribution >= 0.6 is 11.6 Å². The highest BCUT2D eigenvalue weighted by atomic mass is 35.5. The van der Waals surface area contributed by atoms with E-state index in [1.165, 1.54) is 4.90 Å². The van der Waals surface area contributed by atoms with Gasteiger partial charge in [-0.1, -0.05) is 17.7 Å². The molecule has 0 aliphatic heterocycles. The first kappa shape index (κ1) is 24.0. The summed E-state index contributed by atoms with van der Waals surface area (Å²) in [5.74, 6) is -1.82. The third kappa shape index (κ3) is 6.09. The molecule has 1 aromatic carbocycles. The molecule has 2 aromatic rings. The molecule has 9 heteroatoms. The smallest absolute Gasteiger partial charge is 0.355 e. The molecular formula is C22H24ClN3O5. The van der Waals surface area contributed by atoms with Crippen LogP contribution in [0.5, 0.6) is 0 Å². The average molecular weight is 446 g/mol. The molecule has 164 valence electrons. The molecule has 0 aliphatic carbocycles. The summed E-state index contributed by atoms with van der Waals surface area (Å²) in [6, 6.07) is 8.59. The molecule has 1 N–H and O–H groups in total. The van der Waals surface area contributed by atoms with Crippen molar-refractivity contribution in [3.05, 3.63) is 51.8 Å². The van der Waals surface area contributed by atoms with Crippen LogP contribution in [0.15, 0.2) is 24.3 Å². The predicted octanol–water partition coefficient (Wildman–Crippen LogP) is 3.95. The van der Waals surface area contributed by atoms with Gasteiger partial charge in [-0.3, -0.25) is 4.79 Å². The van der Waals surface area contributed by atoms with Crippen molar-refractivity contribution in [2.45, 2.75) is 40.2 Å². The van der Waals surface area contributed by atoms with Crippen molar-refractivity contribution in [3.63, 3.8) is 0 Å². The molecule has 2 rings (SSSR count). The Morgan fingerprint density at radius 2 is 1.94 bits per heavy atom. The number of hydrogen-bond acceptors (Lipinski definition) is 6. The first-order valence-electron chi connectivity index (χ1n) is 9.65. The fourth-order valence-electron chi connectivity index (χ4n) is 3.01. The van der Waals surface area contributed by atoms with Gasteiger partial charge in [-0.25, -0.2) is 9.59 Å². The van der Waals surface area contributed by atoms with Crippen LogP contribution in [0.25, 0.3) is 0 Å². The van der Waals surface area contributed by atoms with Crippen LogP contribution in [0, 0.1) is 25.2 Å². The quantitative estimate of drug-likeness (QED) is 0.615. The molecule has 0 unspecified atom stereocenters. The summed E-state index contributed by atoms with van der Waals surface area (Å²) in [6.07, 6.45) is -0.206. The van der Waals surface area contributed by atoms with E-state index in [1.54, 1.807) is 52.0 Å². The number of hydrogen-bond donors (Lipinski definition) is 1. The van der Waals surface area contributed by atoms with E-state index in [0.29, 0.717) is 22.0 Å². The first-order valence-corrected chi connectivity index (χ1v) is 10.0. The topological polar surface area (TPSA) is 112 Å². The van der Waals surface area contributed by atoms with Gasteiger partial charge in [0.05, 0.1) is 24.2 Å². The van der Waals surface area contributed by atoms with Gasteiger partial charge in [0, 0.05) is 22.9 Å². The van der Waals surface area contributed by atoms with Gasteiger partial charge in [0.15, 0.2) is 6.61 Å². The second kappa shape index (κ2) is 10.6. The molecule has 8 nitrogen and oxygen atoms in total. The minimum Gasteiger partial charge on any atom is -0.459 e. The Hall–Kier alpha value is -3.31. The maximum Gasteiger partial charge on any atom is 0.355 e. The van der Waals surface area contributed by atoms with Crippen molar-refractivity contribution in [2.24, 2.45) is 0 Å². The molecule has 1 heterocycles. The Balaban J connectivity index is 2.14. The molecule has 0 saturated heterocycles. The van der Waals surface area contributed by atoms with Crippen molar-refractivity contribution >= 4 is 35.1 Å². The molecule has 1 amide bonds. The summed E-state index contributed by atoms with van der Waals surface area (Å²) >= 11 is 6.00. The summed E-state index contributed by atoms with van der Waals surface area (Å²) in [5.41, 5.74) is 1.69. The molecular weight excluding hydrogens is 422 g/mol. The highest BCUT2D eigenvalue weighted by Crippen LogP contribution is 2.22. The largest absolute Gasteiger partial charge is 0.459 e. The number of aryl methyl sites for hydroxylation is 1. The molecule has 0 bridgehead atoms. The molecule has 31 heavy (non-hydrogen) atoms. The molecule has 1 aromatic heterocycles. The van der Waals surface area contributed by atoms with E-state index in [4.69, 9.17) is 26.3 Å². The zero-order chi connectivity index (χ0) is 23.1. The minimum absolute atomic E-state index is 0.0762. The van der Waals surface area contributed by atoms with E-state index < -0.39 is 24.5 Å². The van der Waals surface area contributed by atoms with E-state index in [9.17, 15) is 14.4 Å². The summed E-state index contributed by atoms with van der Waals surface area (Å²) < 4.78 is 10.4. The number of benzene rings is 1. The fourth-order valence-corrected chi connectivity index (χ4v) is 3.20. The van der Waals surface area contributed by atoms with Gasteiger partial charge in [-0.2, -0.15) is 5.26 Å². The number of esters is 2. The second-order valence-corrected chi connectivity index (χ2v) is 7.52. The normalized spacial score (nSPS) is 10.5. The predicted molar refractivity (Wildman–Crippen MR) is 115 cm³/mol. The first-order chi connectivity index (χ1) is 14.6. The van der Waals surface area contributed by atoms with Gasteiger partial charge >= 0.3 is 11.9 Å². The molecule has 0 fully saturated rings. The van der Waals surface area contributed by atoms with Crippen LogP contribution in [-0.2, 0) is 14.3 Å². The number of nitrogens with zero attached hydrogens (tertiary/aromatic N) is 2. The van der Waals surface area contributed by atoms with E-state index in [2.05, 4.69) is 4.98 Å². The summed E-state index contributed by atoms with van der Waals surface area (Å²) in [6.45, 7) is 6.29. The number of ether oxygens (including phenoxy) is 2. The monoisotopic (exact) mass is 445 g/mol. The van der Waals surface area contributed by atoms with Gasteiger partial charge in [0.2, 0.25) is 0 Å². The van der Waals surface area contributed by atoms with E-state index in [-0.39, 0.29) is 30.3 Å². The molecule has 0 radical (unpaired) electrons. The number of anilines is 1. The Labute approximate surface area is 185 Å². The Kier molecular flexibility index (Phi) is 8.22. The highest BCUT2D eigenvalue weighted by molar-refractivity contribution is 6.30. The van der Waals surface area contributed by atoms with Gasteiger partial charge in [0.1, 0.15) is 5.69 Å². The molecule has 0 aliphatic rings. The van der Waals surface area contributed by atoms with Crippen molar-refractivity contribution in [1.82, 2.24) is 4.98 Å². The number of amides is 1. The van der Waals surface area contributed by atoms with Crippen LogP contribution in [0.2, 0.25) is 5.02 Å². The molecule has 0 atom stereocenters. The van der Waals surface area contributed by atoms with Crippen molar-refractivity contribution in [1.29, 1.82) is 5.26 Å². The molecule has 0 saturated carbocycles. The van der Waals surface area contributed by atoms with Crippen LogP contribution in [-0.4, -0.2) is 42.1 Å². The number of H-pyrrole nitrogens is 1. The maximum atomic E-state index is 12.7. The van der Waals surface area contributed by atoms with Crippen LogP contribution in [0.3, 0.4) is 0 Å². The summed E-state index contributed by atoms with van der Waals surface area (Å²) in [4.78, 5) is 41.7. The Morgan fingerprint density at radius 1 is 1.23 bits per heavy atom. The Bertz CT molecular complexity index is 1020. The number of nitriles is 1. The van der Waals surface area contributed by atoms with E-state index >= 15 is 0 Å². The van der Waals surface area contributed by atoms with Crippen LogP contribution < -0.4 is 4.90 Å². The lowest BCUT2D eigenvalue weighted by molar-refractivity contribution is -0.121. The van der Waals surface area contributed by atoms with Crippen LogP contribution in [0.1, 0.15) is 52.4 Å². The lowest BCUT2D eigenvalue weighted by atomic mass is 10.1. The number of carbonyl (C=O) groups is 3. The second-order valence-electron chi connectivity index (χ2n) is 7.09. The third-order valence-electron chi connectivity index (χ3n) is 4.38. The lowest BCUT2D eigenvalue weighted by Crippen LogP contribution is -2.35. The van der Waals surface area contributed by atoms with Crippen molar-refractivity contribution in [2.75, 3.05) is 18.1 Å². The maximum absolute atomic E-state index is 12.7. The average Bonchev–Trinajstić information content (AvgIpc) is 3.00. The number of carbonyl (C=O) groups excluding carboxylic acids is 3. The summed E-state index contributed by atoms with van der Waals surface area (Å²) in [7, 11) is 0. The Morgan fingerprint density at radius 3 is 2.55 bits per heavy atom. The van der Waals surface area contributed by atoms with Crippen LogP contribution in [0.4, 0.5) is 5.69 Å². The standard InChI is InChI=1S/C22H24ClN3O5/c1-13(2)31-21(28)19-14(3)20(25-15(19)4)22(29)30-12-18(27)26(10-6-9-24)17-8-5-7-16(23)11-17/h5,7-8,11,13,25H,6,10,12H2,1-4H3. The lowest BCUT2D eigenvalue weighted by Gasteiger charge is -2.21. The highest BCUT2D eigenvalue weighted by Gasteiger charge is 2.25. The number of halogens is 1. The van der Waals surface area contributed by atoms with E-state index in [0.717, 1.165) is 0 Å². The number of rotatable bonds is 8. The minimum atomic E-state index is -0.774. The van der Waals surface area contributed by atoms with E-state index in [1.807, 2.05) is 6.07 Å². The van der Waals surface area contributed by atoms with Crippen molar-refractivity contribution in [3.8, 4) is 6.07 Å². The van der Waals surface area contributed by atoms with Gasteiger partial charge in [-0.05, 0) is 51.5 Å². The van der Waals surface area contributed by atoms with Gasteiger partial charge in [-0.15, -0.1) is 0 Å². The number of aromatic nitrogens is 1. The third-order valence-corrected chi connectivity index (χ3v) is 4.62. The summed E-state index contributed by atoms with van der Waals surface area (Å²) in [5, 5.41) is 9.32. The molecule has 0 spiro atoms. The zero-order valence-corrected chi connectivity index (χ0v) is 18.6. The van der Waals surface area contributed by atoms with Crippen molar-refractivity contribution < 1.29 is 23.9 Å². The zero-order valence-electron chi connectivity index (χ0n) is 17.8. The van der Waals surface area contributed by atoms with Gasteiger partial charge in [0.25, 0.3) is 5.91 Å². The number of nitrogens with one attached hydrogen (secondary N) is 1.